The maximum absolute atomic E-state index is 13.0. The topological polar surface area (TPSA) is 105 Å². The fraction of sp³-hybridized carbons (Fsp3) is 0.836. The molecule has 3 atom stereocenters. The lowest BCUT2D eigenvalue weighted by Crippen LogP contribution is -2.45. The van der Waals surface area contributed by atoms with E-state index >= 15 is 0 Å². The van der Waals surface area contributed by atoms with E-state index in [1.54, 1.807) is 6.08 Å². The average molecular weight is 1090 g/mol. The van der Waals surface area contributed by atoms with Crippen molar-refractivity contribution in [2.75, 3.05) is 40.9 Å². The molecule has 0 aliphatic carbocycles. The Morgan fingerprint density at radius 3 is 1.13 bits per heavy atom. The normalized spacial score (nSPS) is 14.1. The largest absolute Gasteiger partial charge is 0.472 e. The Morgan fingerprint density at radius 1 is 0.447 bits per heavy atom. The Bertz CT molecular complexity index is 1420. The van der Waals surface area contributed by atoms with E-state index in [4.69, 9.17) is 9.05 Å². The molecule has 0 aliphatic heterocycles. The van der Waals surface area contributed by atoms with Crippen molar-refractivity contribution in [1.29, 1.82) is 0 Å². The van der Waals surface area contributed by atoms with Gasteiger partial charge in [-0.05, 0) is 77.0 Å². The number of hydrogen-bond acceptors (Lipinski definition) is 5. The minimum absolute atomic E-state index is 0.0530. The molecule has 0 aromatic heterocycles. The average Bonchev–Trinajstić information content (AvgIpc) is 3.38. The summed E-state index contributed by atoms with van der Waals surface area (Å²) in [6.07, 6.45) is 79.3. The fourth-order valence-electron chi connectivity index (χ4n) is 9.58. The van der Waals surface area contributed by atoms with Gasteiger partial charge in [0.05, 0.1) is 39.9 Å². The first-order valence-electron chi connectivity index (χ1n) is 32.7. The molecule has 9 heteroatoms. The van der Waals surface area contributed by atoms with E-state index in [2.05, 4.69) is 67.8 Å². The van der Waals surface area contributed by atoms with Crippen molar-refractivity contribution in [3.05, 3.63) is 60.8 Å². The lowest BCUT2D eigenvalue weighted by atomic mass is 10.0. The molecule has 0 spiro atoms. The summed E-state index contributed by atoms with van der Waals surface area (Å²) in [5.41, 5.74) is 0. The monoisotopic (exact) mass is 1090 g/mol. The summed E-state index contributed by atoms with van der Waals surface area (Å²) in [6.45, 7) is 4.81. The van der Waals surface area contributed by atoms with Gasteiger partial charge < -0.3 is 19.8 Å². The van der Waals surface area contributed by atoms with E-state index in [0.29, 0.717) is 17.4 Å². The lowest BCUT2D eigenvalue weighted by Gasteiger charge is -2.25. The molecule has 0 bridgehead atoms. The van der Waals surface area contributed by atoms with Gasteiger partial charge in [-0.3, -0.25) is 13.8 Å². The van der Waals surface area contributed by atoms with Crippen LogP contribution in [0.15, 0.2) is 60.8 Å². The summed E-state index contributed by atoms with van der Waals surface area (Å²) in [5.74, 6) is -0.188. The van der Waals surface area contributed by atoms with E-state index in [9.17, 15) is 19.4 Å². The van der Waals surface area contributed by atoms with Gasteiger partial charge in [0, 0.05) is 6.42 Å². The van der Waals surface area contributed by atoms with Crippen LogP contribution in [-0.4, -0.2) is 73.4 Å². The van der Waals surface area contributed by atoms with Gasteiger partial charge in [0.15, 0.2) is 0 Å². The second-order valence-electron chi connectivity index (χ2n) is 23.5. The smallest absolute Gasteiger partial charge is 0.387 e. The third kappa shape index (κ3) is 59.9. The highest BCUT2D eigenvalue weighted by Gasteiger charge is 2.27. The van der Waals surface area contributed by atoms with Gasteiger partial charge in [0.1, 0.15) is 13.2 Å². The minimum Gasteiger partial charge on any atom is -0.387 e. The van der Waals surface area contributed by atoms with Gasteiger partial charge in [-0.2, -0.15) is 0 Å². The number of unbranched alkanes of at least 4 members (excludes halogenated alkanes) is 39. The number of carbonyl (C=O) groups is 1. The van der Waals surface area contributed by atoms with Crippen LogP contribution in [0.5, 0.6) is 0 Å². The molecule has 0 saturated carbocycles. The first kappa shape index (κ1) is 74.2. The fourth-order valence-corrected chi connectivity index (χ4v) is 10.3. The molecule has 0 aromatic carbocycles. The van der Waals surface area contributed by atoms with Crippen LogP contribution in [0.2, 0.25) is 0 Å². The number of likely N-dealkylation sites (N-methyl/N-ethyl adjacent to an activating group) is 1. The zero-order valence-electron chi connectivity index (χ0n) is 51.0. The molecule has 8 nitrogen and oxygen atoms in total. The first-order chi connectivity index (χ1) is 37.0. The number of amides is 1. The Hall–Kier alpha value is -1.80. The van der Waals surface area contributed by atoms with Crippen LogP contribution in [0.3, 0.4) is 0 Å². The Kier molecular flexibility index (Phi) is 56.5. The third-order valence-electron chi connectivity index (χ3n) is 14.7. The number of phosphoric acid groups is 1. The molecule has 3 N–H and O–H groups in total. The van der Waals surface area contributed by atoms with Crippen molar-refractivity contribution in [1.82, 2.24) is 5.32 Å². The molecule has 0 fully saturated rings. The molecule has 0 saturated heterocycles. The number of phosphoric ester groups is 1. The van der Waals surface area contributed by atoms with Crippen molar-refractivity contribution in [3.8, 4) is 0 Å². The van der Waals surface area contributed by atoms with Gasteiger partial charge >= 0.3 is 7.82 Å². The predicted octanol–water partition coefficient (Wildman–Crippen LogP) is 20.4. The molecule has 0 radical (unpaired) electrons. The van der Waals surface area contributed by atoms with E-state index in [0.717, 1.165) is 51.4 Å². The maximum atomic E-state index is 13.0. The van der Waals surface area contributed by atoms with Gasteiger partial charge in [-0.25, -0.2) is 4.57 Å². The summed E-state index contributed by atoms with van der Waals surface area (Å²) in [5, 5.41) is 13.9. The van der Waals surface area contributed by atoms with Gasteiger partial charge in [0.25, 0.3) is 0 Å². The third-order valence-corrected chi connectivity index (χ3v) is 15.7. The summed E-state index contributed by atoms with van der Waals surface area (Å²) < 4.78 is 23.7. The summed E-state index contributed by atoms with van der Waals surface area (Å²) >= 11 is 0. The molecule has 446 valence electrons. The number of hydrogen-bond donors (Lipinski definition) is 3. The number of nitrogens with zero attached hydrogens (tertiary/aromatic N) is 1. The van der Waals surface area contributed by atoms with Crippen LogP contribution in [0, 0.1) is 0 Å². The zero-order valence-corrected chi connectivity index (χ0v) is 51.9. The van der Waals surface area contributed by atoms with Crippen molar-refractivity contribution in [2.45, 2.75) is 321 Å². The van der Waals surface area contributed by atoms with Crippen molar-refractivity contribution >= 4 is 13.7 Å². The Labute approximate surface area is 472 Å². The zero-order chi connectivity index (χ0) is 55.6. The molecule has 1 amide bonds. The number of aliphatic hydroxyl groups is 1. The standard InChI is InChI=1S/C67H127N2O6P/c1-6-8-10-12-14-16-18-20-22-24-26-27-28-29-30-31-32-33-34-35-36-37-38-39-40-41-43-45-47-49-51-53-55-57-59-61-67(71)68-65(64-75-76(72,73)74-63-62-69(3,4)5)66(70)60-58-56-54-52-50-48-46-44-42-25-23-21-19-17-15-13-11-9-7-2/h28-29,31-32,42,44,50,52,58,60,65-66,70H,6-27,30,33-41,43,45-49,51,53-57,59,61-64H2,1-5H3,(H-,68,71,72,73)/p+1/b29-28-,32-31-,44-42+,52-50+,60-58+. The van der Waals surface area contributed by atoms with E-state index in [-0.39, 0.29) is 19.1 Å². The van der Waals surface area contributed by atoms with Crippen molar-refractivity contribution < 1.29 is 32.9 Å². The Balaban J connectivity index is 4.07. The second-order valence-corrected chi connectivity index (χ2v) is 24.9. The molecular formula is C67H128N2O6P+. The molecule has 0 aliphatic rings. The van der Waals surface area contributed by atoms with Crippen LogP contribution >= 0.6 is 7.82 Å². The van der Waals surface area contributed by atoms with Gasteiger partial charge in [0.2, 0.25) is 5.91 Å². The van der Waals surface area contributed by atoms with Crippen LogP contribution in [0.25, 0.3) is 0 Å². The Morgan fingerprint density at radius 2 is 0.763 bits per heavy atom. The number of allylic oxidation sites excluding steroid dienone is 9. The van der Waals surface area contributed by atoms with Gasteiger partial charge in [-0.1, -0.05) is 286 Å². The summed E-state index contributed by atoms with van der Waals surface area (Å²) in [4.78, 5) is 23.3. The van der Waals surface area contributed by atoms with Crippen LogP contribution in [-0.2, 0) is 18.4 Å². The van der Waals surface area contributed by atoms with Crippen molar-refractivity contribution in [3.63, 3.8) is 0 Å². The second kappa shape index (κ2) is 57.9. The lowest BCUT2D eigenvalue weighted by molar-refractivity contribution is -0.870. The minimum atomic E-state index is -4.36. The highest BCUT2D eigenvalue weighted by Crippen LogP contribution is 2.43. The number of carbonyl (C=O) groups excluding carboxylic acids is 1. The number of aliphatic hydroxyl groups excluding tert-OH is 1. The number of quaternary nitrogens is 1. The summed E-state index contributed by atoms with van der Waals surface area (Å²) in [7, 11) is 1.55. The van der Waals surface area contributed by atoms with Crippen LogP contribution < -0.4 is 5.32 Å². The highest BCUT2D eigenvalue weighted by atomic mass is 31.2. The molecule has 3 unspecified atom stereocenters. The molecule has 0 rings (SSSR count). The molecule has 0 aromatic rings. The molecule has 76 heavy (non-hydrogen) atoms. The predicted molar refractivity (Wildman–Crippen MR) is 332 cm³/mol. The summed E-state index contributed by atoms with van der Waals surface area (Å²) in [6, 6.07) is -0.872. The highest BCUT2D eigenvalue weighted by molar-refractivity contribution is 7.47. The van der Waals surface area contributed by atoms with Crippen LogP contribution in [0.1, 0.15) is 309 Å². The quantitative estimate of drug-likeness (QED) is 0.0243. The molecular weight excluding hydrogens is 960 g/mol. The van der Waals surface area contributed by atoms with E-state index < -0.39 is 20.0 Å². The maximum Gasteiger partial charge on any atom is 0.472 e. The molecule has 0 heterocycles. The van der Waals surface area contributed by atoms with E-state index in [1.165, 1.54) is 238 Å². The number of rotatable bonds is 60. The SMILES string of the molecule is CCCCCCCCCCC/C=C/CC/C=C/CC/C=C/C(O)C(COP(=O)(O)OCC[N+](C)(C)C)NC(=O)CCCCCCCCCCCCCCCCCCC/C=C\C/C=C\CCCCCCCCCCCCC. The van der Waals surface area contributed by atoms with Crippen LogP contribution in [0.4, 0.5) is 0 Å². The van der Waals surface area contributed by atoms with Crippen molar-refractivity contribution in [2.24, 2.45) is 0 Å². The first-order valence-corrected chi connectivity index (χ1v) is 34.2. The van der Waals surface area contributed by atoms with E-state index in [1.807, 2.05) is 27.2 Å². The van der Waals surface area contributed by atoms with Gasteiger partial charge in [-0.15, -0.1) is 0 Å². The number of nitrogens with one attached hydrogen (secondary N) is 1.